The molecule has 0 spiro atoms. The van der Waals surface area contributed by atoms with E-state index in [-0.39, 0.29) is 12.6 Å². The number of hydrogen-bond donors (Lipinski definition) is 2. The van der Waals surface area contributed by atoms with Crippen molar-refractivity contribution < 1.29 is 5.11 Å². The van der Waals surface area contributed by atoms with Crippen molar-refractivity contribution in [2.24, 2.45) is 5.73 Å². The van der Waals surface area contributed by atoms with Crippen molar-refractivity contribution in [3.05, 3.63) is 33.3 Å². The Hall–Kier alpha value is -0.380. The second kappa shape index (κ2) is 4.91. The van der Waals surface area contributed by atoms with Gasteiger partial charge in [0.1, 0.15) is 0 Å². The molecule has 1 rings (SSSR count). The Morgan fingerprint density at radius 2 is 2.07 bits per heavy atom. The predicted molar refractivity (Wildman–Crippen MR) is 62.2 cm³/mol. The Bertz CT molecular complexity index is 325. The van der Waals surface area contributed by atoms with Crippen molar-refractivity contribution in [1.29, 1.82) is 0 Å². The quantitative estimate of drug-likeness (QED) is 0.874. The molecule has 3 N–H and O–H groups in total. The first-order valence-electron chi connectivity index (χ1n) is 4.70. The maximum absolute atomic E-state index is 8.85. The van der Waals surface area contributed by atoms with Crippen LogP contribution in [-0.4, -0.2) is 11.7 Å². The molecular formula is C11H16BrNO. The normalized spacial score (nSPS) is 12.9. The van der Waals surface area contributed by atoms with Gasteiger partial charge in [0.25, 0.3) is 0 Å². The lowest BCUT2D eigenvalue weighted by Gasteiger charge is -2.17. The summed E-state index contributed by atoms with van der Waals surface area (Å²) in [6.45, 7) is 4.25. The lowest BCUT2D eigenvalue weighted by molar-refractivity contribution is 0.276. The highest BCUT2D eigenvalue weighted by Crippen LogP contribution is 2.29. The monoisotopic (exact) mass is 257 g/mol. The molecule has 0 aliphatic carbocycles. The first kappa shape index (κ1) is 11.7. The molecule has 1 unspecified atom stereocenters. The minimum Gasteiger partial charge on any atom is -0.396 e. The molecule has 0 fully saturated rings. The molecule has 78 valence electrons. The van der Waals surface area contributed by atoms with E-state index < -0.39 is 0 Å². The second-order valence-electron chi connectivity index (χ2n) is 3.52. The average Bonchev–Trinajstić information content (AvgIpc) is 2.13. The van der Waals surface area contributed by atoms with Crippen molar-refractivity contribution in [3.8, 4) is 0 Å². The molecule has 0 aliphatic rings. The van der Waals surface area contributed by atoms with E-state index >= 15 is 0 Å². The fourth-order valence-electron chi connectivity index (χ4n) is 1.54. The number of halogens is 1. The van der Waals surface area contributed by atoms with Crippen molar-refractivity contribution in [1.82, 2.24) is 0 Å². The average molecular weight is 258 g/mol. The Morgan fingerprint density at radius 3 is 2.64 bits per heavy atom. The highest BCUT2D eigenvalue weighted by atomic mass is 79.9. The van der Waals surface area contributed by atoms with E-state index in [9.17, 15) is 0 Å². The van der Waals surface area contributed by atoms with Gasteiger partial charge in [0, 0.05) is 17.1 Å². The standard InChI is InChI=1S/C11H16BrNO/c1-7-3-4-9(12)11(8(7)2)10(13)5-6-14/h3-4,10,14H,5-6,13H2,1-2H3. The Morgan fingerprint density at radius 1 is 1.43 bits per heavy atom. The lowest BCUT2D eigenvalue weighted by Crippen LogP contribution is -2.14. The molecule has 14 heavy (non-hydrogen) atoms. The molecular weight excluding hydrogens is 242 g/mol. The first-order chi connectivity index (χ1) is 6.57. The summed E-state index contributed by atoms with van der Waals surface area (Å²) in [5.41, 5.74) is 9.54. The predicted octanol–water partition coefficient (Wildman–Crippen LogP) is 2.45. The SMILES string of the molecule is Cc1ccc(Br)c(C(N)CCO)c1C. The van der Waals surface area contributed by atoms with Crippen molar-refractivity contribution >= 4 is 15.9 Å². The van der Waals surface area contributed by atoms with Gasteiger partial charge in [-0.15, -0.1) is 0 Å². The molecule has 0 saturated carbocycles. The molecule has 0 aliphatic heterocycles. The van der Waals surface area contributed by atoms with E-state index in [2.05, 4.69) is 35.8 Å². The topological polar surface area (TPSA) is 46.2 Å². The zero-order chi connectivity index (χ0) is 10.7. The van der Waals surface area contributed by atoms with Crippen LogP contribution in [0.15, 0.2) is 16.6 Å². The zero-order valence-corrected chi connectivity index (χ0v) is 10.1. The third kappa shape index (κ3) is 2.35. The van der Waals surface area contributed by atoms with Crippen molar-refractivity contribution in [3.63, 3.8) is 0 Å². The van der Waals surface area contributed by atoms with Gasteiger partial charge in [0.15, 0.2) is 0 Å². The fraction of sp³-hybridized carbons (Fsp3) is 0.455. The summed E-state index contributed by atoms with van der Waals surface area (Å²) in [5, 5.41) is 8.85. The van der Waals surface area contributed by atoms with Gasteiger partial charge in [-0.2, -0.15) is 0 Å². The summed E-state index contributed by atoms with van der Waals surface area (Å²) in [4.78, 5) is 0. The minimum absolute atomic E-state index is 0.0886. The summed E-state index contributed by atoms with van der Waals surface area (Å²) in [5.74, 6) is 0. The van der Waals surface area contributed by atoms with E-state index in [0.717, 1.165) is 10.0 Å². The van der Waals surface area contributed by atoms with Crippen LogP contribution < -0.4 is 5.73 Å². The van der Waals surface area contributed by atoms with Crippen LogP contribution >= 0.6 is 15.9 Å². The number of aryl methyl sites for hydroxylation is 1. The summed E-state index contributed by atoms with van der Waals surface area (Å²) in [7, 11) is 0. The summed E-state index contributed by atoms with van der Waals surface area (Å²) < 4.78 is 1.03. The third-order valence-electron chi connectivity index (χ3n) is 2.54. The molecule has 3 heteroatoms. The van der Waals surface area contributed by atoms with Crippen LogP contribution in [0.4, 0.5) is 0 Å². The van der Waals surface area contributed by atoms with E-state index in [1.54, 1.807) is 0 Å². The Balaban J connectivity index is 3.11. The number of aliphatic hydroxyl groups excluding tert-OH is 1. The minimum atomic E-state index is -0.0886. The number of rotatable bonds is 3. The molecule has 0 amide bonds. The molecule has 0 aromatic heterocycles. The number of hydrogen-bond acceptors (Lipinski definition) is 2. The van der Waals surface area contributed by atoms with E-state index in [1.807, 2.05) is 6.07 Å². The van der Waals surface area contributed by atoms with Gasteiger partial charge < -0.3 is 10.8 Å². The highest BCUT2D eigenvalue weighted by Gasteiger charge is 2.13. The van der Waals surface area contributed by atoms with Crippen molar-refractivity contribution in [2.45, 2.75) is 26.3 Å². The highest BCUT2D eigenvalue weighted by molar-refractivity contribution is 9.10. The van der Waals surface area contributed by atoms with Crippen LogP contribution in [0.1, 0.15) is 29.2 Å². The molecule has 1 aromatic rings. The van der Waals surface area contributed by atoms with Crippen LogP contribution in [0.5, 0.6) is 0 Å². The largest absolute Gasteiger partial charge is 0.396 e. The van der Waals surface area contributed by atoms with Gasteiger partial charge in [-0.3, -0.25) is 0 Å². The van der Waals surface area contributed by atoms with Gasteiger partial charge in [-0.25, -0.2) is 0 Å². The zero-order valence-electron chi connectivity index (χ0n) is 8.55. The maximum Gasteiger partial charge on any atom is 0.0449 e. The van der Waals surface area contributed by atoms with Crippen LogP contribution in [0.2, 0.25) is 0 Å². The van der Waals surface area contributed by atoms with Crippen LogP contribution in [0, 0.1) is 13.8 Å². The fourth-order valence-corrected chi connectivity index (χ4v) is 2.27. The Labute approximate surface area is 93.3 Å². The van der Waals surface area contributed by atoms with E-state index in [1.165, 1.54) is 11.1 Å². The number of benzene rings is 1. The molecule has 0 heterocycles. The van der Waals surface area contributed by atoms with Gasteiger partial charge in [-0.05, 0) is 43.0 Å². The van der Waals surface area contributed by atoms with E-state index in [0.29, 0.717) is 6.42 Å². The van der Waals surface area contributed by atoms with Gasteiger partial charge in [-0.1, -0.05) is 22.0 Å². The number of aliphatic hydroxyl groups is 1. The second-order valence-corrected chi connectivity index (χ2v) is 4.38. The summed E-state index contributed by atoms with van der Waals surface area (Å²) >= 11 is 3.49. The summed E-state index contributed by atoms with van der Waals surface area (Å²) in [6.07, 6.45) is 0.600. The molecule has 1 atom stereocenters. The molecule has 0 bridgehead atoms. The van der Waals surface area contributed by atoms with Crippen LogP contribution in [0.25, 0.3) is 0 Å². The molecule has 1 aromatic carbocycles. The molecule has 2 nitrogen and oxygen atoms in total. The Kier molecular flexibility index (Phi) is 4.11. The smallest absolute Gasteiger partial charge is 0.0449 e. The molecule has 0 saturated heterocycles. The summed E-state index contributed by atoms with van der Waals surface area (Å²) in [6, 6.07) is 3.98. The first-order valence-corrected chi connectivity index (χ1v) is 5.49. The third-order valence-corrected chi connectivity index (χ3v) is 3.23. The van der Waals surface area contributed by atoms with Crippen molar-refractivity contribution in [2.75, 3.05) is 6.61 Å². The van der Waals surface area contributed by atoms with Gasteiger partial charge in [0.2, 0.25) is 0 Å². The van der Waals surface area contributed by atoms with E-state index in [4.69, 9.17) is 10.8 Å². The molecule has 0 radical (unpaired) electrons. The maximum atomic E-state index is 8.85. The number of nitrogens with two attached hydrogens (primary N) is 1. The van der Waals surface area contributed by atoms with Gasteiger partial charge in [0.05, 0.1) is 0 Å². The van der Waals surface area contributed by atoms with Gasteiger partial charge >= 0.3 is 0 Å². The van der Waals surface area contributed by atoms with Crippen LogP contribution in [0.3, 0.4) is 0 Å². The van der Waals surface area contributed by atoms with Crippen LogP contribution in [-0.2, 0) is 0 Å². The lowest BCUT2D eigenvalue weighted by atomic mass is 9.96.